The van der Waals surface area contributed by atoms with Gasteiger partial charge < -0.3 is 15.7 Å². The van der Waals surface area contributed by atoms with Crippen molar-refractivity contribution in [2.24, 2.45) is 10.4 Å². The SMILES string of the molecule is CCNC(=NCc1ccc(C)cc1SC)NCC1(CO)CC1. The van der Waals surface area contributed by atoms with E-state index in [0.717, 1.165) is 31.9 Å². The second-order valence-electron chi connectivity index (χ2n) is 6.02. The molecule has 0 atom stereocenters. The van der Waals surface area contributed by atoms with Crippen LogP contribution in [0.15, 0.2) is 28.1 Å². The maximum absolute atomic E-state index is 9.40. The van der Waals surface area contributed by atoms with Gasteiger partial charge in [-0.15, -0.1) is 11.8 Å². The van der Waals surface area contributed by atoms with Crippen molar-refractivity contribution in [2.75, 3.05) is 26.0 Å². The number of nitrogens with one attached hydrogen (secondary N) is 2. The van der Waals surface area contributed by atoms with Crippen LogP contribution in [0.25, 0.3) is 0 Å². The lowest BCUT2D eigenvalue weighted by molar-refractivity contribution is 0.212. The Labute approximate surface area is 137 Å². The summed E-state index contributed by atoms with van der Waals surface area (Å²) in [6, 6.07) is 6.50. The molecule has 1 aliphatic rings. The first-order valence-corrected chi connectivity index (χ1v) is 9.11. The molecule has 0 amide bonds. The summed E-state index contributed by atoms with van der Waals surface area (Å²) in [6.07, 6.45) is 4.30. The highest BCUT2D eigenvalue weighted by Gasteiger charge is 2.41. The molecule has 1 saturated carbocycles. The summed E-state index contributed by atoms with van der Waals surface area (Å²) < 4.78 is 0. The minimum Gasteiger partial charge on any atom is -0.396 e. The van der Waals surface area contributed by atoms with Crippen molar-refractivity contribution in [1.29, 1.82) is 0 Å². The fourth-order valence-electron chi connectivity index (χ4n) is 2.33. The number of aliphatic imine (C=N–C) groups is 1. The highest BCUT2D eigenvalue weighted by atomic mass is 32.2. The van der Waals surface area contributed by atoms with E-state index < -0.39 is 0 Å². The van der Waals surface area contributed by atoms with E-state index in [0.29, 0.717) is 6.54 Å². The summed E-state index contributed by atoms with van der Waals surface area (Å²) in [5.74, 6) is 0.829. The third-order valence-corrected chi connectivity index (χ3v) is 4.94. The number of aliphatic hydroxyl groups excluding tert-OH is 1. The Morgan fingerprint density at radius 3 is 2.73 bits per heavy atom. The second-order valence-corrected chi connectivity index (χ2v) is 6.87. The van der Waals surface area contributed by atoms with Gasteiger partial charge in [-0.1, -0.05) is 12.1 Å². The average Bonchev–Trinajstić information content (AvgIpc) is 3.31. The molecule has 122 valence electrons. The van der Waals surface area contributed by atoms with E-state index >= 15 is 0 Å². The van der Waals surface area contributed by atoms with E-state index in [2.05, 4.69) is 53.9 Å². The molecule has 0 unspecified atom stereocenters. The Morgan fingerprint density at radius 1 is 1.36 bits per heavy atom. The van der Waals surface area contributed by atoms with Gasteiger partial charge in [-0.25, -0.2) is 4.99 Å². The molecule has 3 N–H and O–H groups in total. The van der Waals surface area contributed by atoms with Crippen LogP contribution in [-0.4, -0.2) is 37.0 Å². The molecule has 0 heterocycles. The van der Waals surface area contributed by atoms with Gasteiger partial charge in [0.15, 0.2) is 5.96 Å². The summed E-state index contributed by atoms with van der Waals surface area (Å²) in [5.41, 5.74) is 2.61. The van der Waals surface area contributed by atoms with Crippen LogP contribution >= 0.6 is 11.8 Å². The smallest absolute Gasteiger partial charge is 0.191 e. The maximum Gasteiger partial charge on any atom is 0.191 e. The summed E-state index contributed by atoms with van der Waals surface area (Å²) in [7, 11) is 0. The van der Waals surface area contributed by atoms with E-state index in [1.165, 1.54) is 16.0 Å². The monoisotopic (exact) mass is 321 g/mol. The predicted molar refractivity (Wildman–Crippen MR) is 94.5 cm³/mol. The van der Waals surface area contributed by atoms with Crippen LogP contribution in [0.4, 0.5) is 0 Å². The summed E-state index contributed by atoms with van der Waals surface area (Å²) in [6.45, 7) is 6.73. The van der Waals surface area contributed by atoms with Crippen molar-refractivity contribution >= 4 is 17.7 Å². The molecule has 1 aromatic rings. The van der Waals surface area contributed by atoms with Crippen LogP contribution in [0.1, 0.15) is 30.9 Å². The molecule has 22 heavy (non-hydrogen) atoms. The number of aryl methyl sites for hydroxylation is 1. The number of thioether (sulfide) groups is 1. The largest absolute Gasteiger partial charge is 0.396 e. The fourth-order valence-corrected chi connectivity index (χ4v) is 3.03. The lowest BCUT2D eigenvalue weighted by atomic mass is 10.1. The first-order valence-electron chi connectivity index (χ1n) is 7.89. The van der Waals surface area contributed by atoms with E-state index in [1.807, 2.05) is 0 Å². The lowest BCUT2D eigenvalue weighted by Crippen LogP contribution is -2.41. The van der Waals surface area contributed by atoms with Crippen LogP contribution in [-0.2, 0) is 6.54 Å². The number of benzene rings is 1. The van der Waals surface area contributed by atoms with E-state index in [4.69, 9.17) is 0 Å². The quantitative estimate of drug-likeness (QED) is 0.410. The second kappa shape index (κ2) is 7.88. The highest BCUT2D eigenvalue weighted by molar-refractivity contribution is 7.98. The molecule has 0 spiro atoms. The van der Waals surface area contributed by atoms with Gasteiger partial charge in [0.25, 0.3) is 0 Å². The maximum atomic E-state index is 9.40. The molecular formula is C17H27N3OS. The molecule has 1 aromatic carbocycles. The molecule has 4 nitrogen and oxygen atoms in total. The Balaban J connectivity index is 2.00. The third-order valence-electron chi connectivity index (χ3n) is 4.12. The molecule has 1 aliphatic carbocycles. The van der Waals surface area contributed by atoms with Crippen LogP contribution in [0.5, 0.6) is 0 Å². The van der Waals surface area contributed by atoms with Crippen LogP contribution in [0.2, 0.25) is 0 Å². The van der Waals surface area contributed by atoms with Gasteiger partial charge in [0, 0.05) is 23.4 Å². The van der Waals surface area contributed by atoms with Crippen LogP contribution in [0, 0.1) is 12.3 Å². The number of hydrogen-bond acceptors (Lipinski definition) is 3. The first-order chi connectivity index (χ1) is 10.6. The van der Waals surface area contributed by atoms with Gasteiger partial charge >= 0.3 is 0 Å². The Hall–Kier alpha value is -1.20. The van der Waals surface area contributed by atoms with Crippen LogP contribution < -0.4 is 10.6 Å². The number of rotatable bonds is 7. The van der Waals surface area contributed by atoms with Crippen molar-refractivity contribution in [2.45, 2.75) is 38.1 Å². The predicted octanol–water partition coefficient (Wildman–Crippen LogP) is 2.54. The molecule has 0 bridgehead atoms. The van der Waals surface area contributed by atoms with E-state index in [9.17, 15) is 5.11 Å². The average molecular weight is 321 g/mol. The lowest BCUT2D eigenvalue weighted by Gasteiger charge is -2.16. The molecule has 0 saturated heterocycles. The molecular weight excluding hydrogens is 294 g/mol. The van der Waals surface area contributed by atoms with Gasteiger partial charge in [-0.2, -0.15) is 0 Å². The van der Waals surface area contributed by atoms with E-state index in [-0.39, 0.29) is 12.0 Å². The Kier molecular flexibility index (Phi) is 6.15. The summed E-state index contributed by atoms with van der Waals surface area (Å²) in [5, 5.41) is 16.0. The summed E-state index contributed by atoms with van der Waals surface area (Å²) >= 11 is 1.76. The number of nitrogens with zero attached hydrogens (tertiary/aromatic N) is 1. The molecule has 0 radical (unpaired) electrons. The van der Waals surface area contributed by atoms with Gasteiger partial charge in [0.1, 0.15) is 0 Å². The van der Waals surface area contributed by atoms with Crippen molar-refractivity contribution in [3.8, 4) is 0 Å². The highest BCUT2D eigenvalue weighted by Crippen LogP contribution is 2.44. The fraction of sp³-hybridized carbons (Fsp3) is 0.588. The zero-order valence-electron chi connectivity index (χ0n) is 13.8. The molecule has 0 aromatic heterocycles. The van der Waals surface area contributed by atoms with Crippen LogP contribution in [0.3, 0.4) is 0 Å². The number of guanidine groups is 1. The molecule has 5 heteroatoms. The Morgan fingerprint density at radius 2 is 2.14 bits per heavy atom. The van der Waals surface area contributed by atoms with Gasteiger partial charge in [-0.3, -0.25) is 0 Å². The topological polar surface area (TPSA) is 56.7 Å². The molecule has 2 rings (SSSR count). The van der Waals surface area contributed by atoms with Gasteiger partial charge in [0.05, 0.1) is 13.2 Å². The van der Waals surface area contributed by atoms with Crippen molar-refractivity contribution in [1.82, 2.24) is 10.6 Å². The number of hydrogen-bond donors (Lipinski definition) is 3. The standard InChI is InChI=1S/C17H27N3OS/c1-4-18-16(20-11-17(12-21)7-8-17)19-10-14-6-5-13(2)9-15(14)22-3/h5-6,9,21H,4,7-8,10-12H2,1-3H3,(H2,18,19,20). The summed E-state index contributed by atoms with van der Waals surface area (Å²) in [4.78, 5) is 5.97. The van der Waals surface area contributed by atoms with E-state index in [1.54, 1.807) is 11.8 Å². The first kappa shape index (κ1) is 17.2. The normalized spacial score (nSPS) is 16.5. The Bertz CT molecular complexity index is 527. The zero-order valence-corrected chi connectivity index (χ0v) is 14.6. The minimum atomic E-state index is 0.0878. The van der Waals surface area contributed by atoms with Crippen molar-refractivity contribution in [3.63, 3.8) is 0 Å². The van der Waals surface area contributed by atoms with Gasteiger partial charge in [-0.05, 0) is 50.1 Å². The third kappa shape index (κ3) is 4.65. The zero-order chi connectivity index (χ0) is 16.0. The molecule has 1 fully saturated rings. The van der Waals surface area contributed by atoms with Crippen molar-refractivity contribution in [3.05, 3.63) is 29.3 Å². The van der Waals surface area contributed by atoms with Gasteiger partial charge in [0.2, 0.25) is 0 Å². The number of aliphatic hydroxyl groups is 1. The van der Waals surface area contributed by atoms with Crippen molar-refractivity contribution < 1.29 is 5.11 Å². The minimum absolute atomic E-state index is 0.0878. The molecule has 0 aliphatic heterocycles.